The normalized spacial score (nSPS) is 16.8. The summed E-state index contributed by atoms with van der Waals surface area (Å²) in [6, 6.07) is 19.2. The molecule has 0 radical (unpaired) electrons. The van der Waals surface area contributed by atoms with Crippen molar-refractivity contribution in [2.75, 3.05) is 13.2 Å². The van der Waals surface area contributed by atoms with Gasteiger partial charge in [-0.15, -0.1) is 0 Å². The summed E-state index contributed by atoms with van der Waals surface area (Å²) in [7, 11) is 0. The number of benzene rings is 2. The van der Waals surface area contributed by atoms with E-state index >= 15 is 0 Å². The molecule has 0 aromatic heterocycles. The van der Waals surface area contributed by atoms with E-state index in [4.69, 9.17) is 9.47 Å². The van der Waals surface area contributed by atoms with Gasteiger partial charge in [0.05, 0.1) is 19.1 Å². The third-order valence-electron chi connectivity index (χ3n) is 3.70. The summed E-state index contributed by atoms with van der Waals surface area (Å²) < 4.78 is 11.0. The monoisotopic (exact) mass is 282 g/mol. The van der Waals surface area contributed by atoms with Crippen LogP contribution in [0.15, 0.2) is 60.7 Å². The second kappa shape index (κ2) is 6.66. The Bertz CT molecular complexity index is 574. The summed E-state index contributed by atoms with van der Waals surface area (Å²) in [5.74, 6) is -0.127. The minimum absolute atomic E-state index is 0.112. The van der Waals surface area contributed by atoms with Gasteiger partial charge in [-0.2, -0.15) is 0 Å². The lowest BCUT2D eigenvalue weighted by molar-refractivity contribution is -0.0495. The Labute approximate surface area is 124 Å². The van der Waals surface area contributed by atoms with Crippen molar-refractivity contribution in [3.8, 4) is 0 Å². The van der Waals surface area contributed by atoms with Crippen LogP contribution in [-0.2, 0) is 9.47 Å². The quantitative estimate of drug-likeness (QED) is 0.788. The zero-order valence-electron chi connectivity index (χ0n) is 11.8. The zero-order valence-corrected chi connectivity index (χ0v) is 11.8. The van der Waals surface area contributed by atoms with Crippen molar-refractivity contribution in [1.29, 1.82) is 0 Å². The van der Waals surface area contributed by atoms with Crippen LogP contribution >= 0.6 is 0 Å². The Hall–Kier alpha value is -1.97. The van der Waals surface area contributed by atoms with Crippen molar-refractivity contribution >= 4 is 5.78 Å². The smallest absolute Gasteiger partial charge is 0.170 e. The average molecular weight is 282 g/mol. The second-order valence-electron chi connectivity index (χ2n) is 5.10. The summed E-state index contributed by atoms with van der Waals surface area (Å²) in [6.07, 6.45) is 0.264. The third-order valence-corrected chi connectivity index (χ3v) is 3.70. The maximum absolute atomic E-state index is 12.8. The van der Waals surface area contributed by atoms with E-state index in [0.717, 1.165) is 11.1 Å². The van der Waals surface area contributed by atoms with Crippen LogP contribution < -0.4 is 0 Å². The van der Waals surface area contributed by atoms with Crippen molar-refractivity contribution in [3.63, 3.8) is 0 Å². The maximum Gasteiger partial charge on any atom is 0.170 e. The standard InChI is InChI=1S/C18H18O3/c19-18(15-9-5-2-6-10-15)16(13-17-20-11-12-21-17)14-7-3-1-4-8-14/h1-10,16-17H,11-13H2. The Balaban J connectivity index is 1.86. The minimum Gasteiger partial charge on any atom is -0.350 e. The molecule has 2 aromatic carbocycles. The van der Waals surface area contributed by atoms with Crippen LogP contribution in [0.3, 0.4) is 0 Å². The number of carbonyl (C=O) groups is 1. The number of hydrogen-bond acceptors (Lipinski definition) is 3. The molecule has 0 saturated carbocycles. The van der Waals surface area contributed by atoms with Crippen LogP contribution in [0.5, 0.6) is 0 Å². The van der Waals surface area contributed by atoms with E-state index in [1.165, 1.54) is 0 Å². The van der Waals surface area contributed by atoms with Gasteiger partial charge in [-0.1, -0.05) is 60.7 Å². The van der Waals surface area contributed by atoms with Gasteiger partial charge in [0.1, 0.15) is 0 Å². The highest BCUT2D eigenvalue weighted by Gasteiger charge is 2.28. The van der Waals surface area contributed by atoms with E-state index < -0.39 is 0 Å². The minimum atomic E-state index is -0.289. The Morgan fingerprint density at radius 1 is 0.952 bits per heavy atom. The molecule has 3 nitrogen and oxygen atoms in total. The molecule has 1 heterocycles. The summed E-state index contributed by atoms with van der Waals surface area (Å²) >= 11 is 0. The number of hydrogen-bond donors (Lipinski definition) is 0. The van der Waals surface area contributed by atoms with E-state index in [-0.39, 0.29) is 18.0 Å². The molecule has 1 fully saturated rings. The lowest BCUT2D eigenvalue weighted by Gasteiger charge is -2.19. The molecular weight excluding hydrogens is 264 g/mol. The van der Waals surface area contributed by atoms with Crippen LogP contribution in [0.4, 0.5) is 0 Å². The Morgan fingerprint density at radius 2 is 1.52 bits per heavy atom. The fourth-order valence-corrected chi connectivity index (χ4v) is 2.62. The largest absolute Gasteiger partial charge is 0.350 e. The second-order valence-corrected chi connectivity index (χ2v) is 5.10. The van der Waals surface area contributed by atoms with E-state index in [9.17, 15) is 4.79 Å². The number of ether oxygens (including phenoxy) is 2. The zero-order chi connectivity index (χ0) is 14.5. The summed E-state index contributed by atoms with van der Waals surface area (Å²) in [6.45, 7) is 1.21. The van der Waals surface area contributed by atoms with Gasteiger partial charge in [-0.05, 0) is 5.56 Å². The molecule has 1 saturated heterocycles. The van der Waals surface area contributed by atoms with Crippen molar-refractivity contribution in [2.45, 2.75) is 18.6 Å². The van der Waals surface area contributed by atoms with Gasteiger partial charge < -0.3 is 9.47 Å². The van der Waals surface area contributed by atoms with Crippen LogP contribution in [0.2, 0.25) is 0 Å². The fraction of sp³-hybridized carbons (Fsp3) is 0.278. The molecule has 3 heteroatoms. The molecule has 1 aliphatic rings. The van der Waals surface area contributed by atoms with Gasteiger partial charge in [-0.25, -0.2) is 0 Å². The molecular formula is C18H18O3. The summed E-state index contributed by atoms with van der Waals surface area (Å²) in [4.78, 5) is 12.8. The molecule has 21 heavy (non-hydrogen) atoms. The molecule has 0 spiro atoms. The van der Waals surface area contributed by atoms with Crippen molar-refractivity contribution < 1.29 is 14.3 Å². The number of Topliss-reactive ketones (excluding diaryl/α,β-unsaturated/α-hetero) is 1. The highest BCUT2D eigenvalue weighted by atomic mass is 16.7. The Kier molecular flexibility index (Phi) is 4.43. The van der Waals surface area contributed by atoms with Crippen molar-refractivity contribution in [3.05, 3.63) is 71.8 Å². The molecule has 0 N–H and O–H groups in total. The van der Waals surface area contributed by atoms with Gasteiger partial charge in [-0.3, -0.25) is 4.79 Å². The molecule has 1 unspecified atom stereocenters. The van der Waals surface area contributed by atoms with Gasteiger partial charge in [0.15, 0.2) is 12.1 Å². The average Bonchev–Trinajstić information content (AvgIpc) is 3.07. The molecule has 3 rings (SSSR count). The first-order chi connectivity index (χ1) is 10.3. The van der Waals surface area contributed by atoms with Crippen molar-refractivity contribution in [1.82, 2.24) is 0 Å². The third kappa shape index (κ3) is 3.38. The van der Waals surface area contributed by atoms with Crippen LogP contribution in [-0.4, -0.2) is 25.3 Å². The lowest BCUT2D eigenvalue weighted by atomic mass is 9.88. The van der Waals surface area contributed by atoms with E-state index in [1.54, 1.807) is 0 Å². The van der Waals surface area contributed by atoms with Gasteiger partial charge in [0.2, 0.25) is 0 Å². The predicted octanol–water partition coefficient (Wildman–Crippen LogP) is 3.42. The molecule has 2 aromatic rings. The number of rotatable bonds is 5. The molecule has 0 aliphatic carbocycles. The summed E-state index contributed by atoms with van der Waals surface area (Å²) in [5.41, 5.74) is 1.73. The van der Waals surface area contributed by atoms with E-state index in [0.29, 0.717) is 19.6 Å². The first-order valence-corrected chi connectivity index (χ1v) is 7.22. The molecule has 0 bridgehead atoms. The predicted molar refractivity (Wildman–Crippen MR) is 80.3 cm³/mol. The first kappa shape index (κ1) is 14.0. The molecule has 1 atom stereocenters. The number of ketones is 1. The molecule has 1 aliphatic heterocycles. The molecule has 0 amide bonds. The lowest BCUT2D eigenvalue weighted by Crippen LogP contribution is -2.20. The molecule has 108 valence electrons. The SMILES string of the molecule is O=C(c1ccccc1)C(CC1OCCO1)c1ccccc1. The van der Waals surface area contributed by atoms with Gasteiger partial charge in [0.25, 0.3) is 0 Å². The maximum atomic E-state index is 12.8. The van der Waals surface area contributed by atoms with Crippen LogP contribution in [0.1, 0.15) is 28.3 Å². The Morgan fingerprint density at radius 3 is 2.14 bits per heavy atom. The fourth-order valence-electron chi connectivity index (χ4n) is 2.62. The van der Waals surface area contributed by atoms with Crippen LogP contribution in [0.25, 0.3) is 0 Å². The topological polar surface area (TPSA) is 35.5 Å². The highest BCUT2D eigenvalue weighted by Crippen LogP contribution is 2.28. The van der Waals surface area contributed by atoms with E-state index in [2.05, 4.69) is 0 Å². The van der Waals surface area contributed by atoms with Gasteiger partial charge >= 0.3 is 0 Å². The van der Waals surface area contributed by atoms with Gasteiger partial charge in [0, 0.05) is 12.0 Å². The highest BCUT2D eigenvalue weighted by molar-refractivity contribution is 6.00. The summed E-state index contributed by atoms with van der Waals surface area (Å²) in [5, 5.41) is 0. The first-order valence-electron chi connectivity index (χ1n) is 7.22. The van der Waals surface area contributed by atoms with Crippen molar-refractivity contribution in [2.24, 2.45) is 0 Å². The van der Waals surface area contributed by atoms with Crippen LogP contribution in [0, 0.1) is 0 Å². The van der Waals surface area contributed by atoms with E-state index in [1.807, 2.05) is 60.7 Å². The number of carbonyl (C=O) groups excluding carboxylic acids is 1.